The van der Waals surface area contributed by atoms with Crippen molar-refractivity contribution in [2.75, 3.05) is 33.8 Å². The minimum Gasteiger partial charge on any atom is -0.497 e. The molecule has 2 aromatic rings. The number of halogens is 3. The summed E-state index contributed by atoms with van der Waals surface area (Å²) in [6, 6.07) is 8.12. The van der Waals surface area contributed by atoms with E-state index < -0.39 is 12.1 Å². The molecule has 1 aromatic heterocycles. The number of hydrogen-bond donors (Lipinski definition) is 1. The zero-order valence-electron chi connectivity index (χ0n) is 19.2. The van der Waals surface area contributed by atoms with Crippen molar-refractivity contribution in [3.8, 4) is 17.0 Å². The predicted molar refractivity (Wildman–Crippen MR) is 118 cm³/mol. The second kappa shape index (κ2) is 10.9. The lowest BCUT2D eigenvalue weighted by molar-refractivity contribution is -0.192. The third-order valence-electron chi connectivity index (χ3n) is 6.13. The summed E-state index contributed by atoms with van der Waals surface area (Å²) in [7, 11) is 3.75. The Hall–Kier alpha value is -3.08. The number of benzene rings is 1. The van der Waals surface area contributed by atoms with Gasteiger partial charge in [0.2, 0.25) is 5.91 Å². The van der Waals surface area contributed by atoms with E-state index in [0.29, 0.717) is 0 Å². The highest BCUT2D eigenvalue weighted by atomic mass is 19.4. The monoisotopic (exact) mass is 482 g/mol. The molecule has 0 radical (unpaired) electrons. The fourth-order valence-electron chi connectivity index (χ4n) is 4.24. The van der Waals surface area contributed by atoms with Crippen LogP contribution in [0.3, 0.4) is 0 Å². The van der Waals surface area contributed by atoms with Crippen LogP contribution in [0.1, 0.15) is 25.1 Å². The van der Waals surface area contributed by atoms with E-state index >= 15 is 0 Å². The number of methoxy groups -OCH3 is 1. The van der Waals surface area contributed by atoms with Crippen molar-refractivity contribution in [3.05, 3.63) is 36.3 Å². The maximum atomic E-state index is 13.1. The Kier molecular flexibility index (Phi) is 8.19. The largest absolute Gasteiger partial charge is 0.497 e. The Morgan fingerprint density at radius 2 is 1.76 bits per heavy atom. The average molecular weight is 483 g/mol. The lowest BCUT2D eigenvalue weighted by Gasteiger charge is -2.35. The SMILES string of the molecule is COc1ccc(-c2cnc3n2CCN(C(=O)C2CCCCN2C)CC3)cc1.O=C(O)C(F)(F)F. The predicted octanol–water partition coefficient (Wildman–Crippen LogP) is 3.06. The number of carboxylic acid groups (broad SMARTS) is 1. The molecule has 1 N–H and O–H groups in total. The molecule has 186 valence electrons. The van der Waals surface area contributed by atoms with Crippen molar-refractivity contribution < 1.29 is 32.6 Å². The number of likely N-dealkylation sites (N-methyl/N-ethyl adjacent to an activating group) is 1. The molecular formula is C23H29F3N4O4. The zero-order valence-corrected chi connectivity index (χ0v) is 19.2. The molecule has 2 aliphatic heterocycles. The quantitative estimate of drug-likeness (QED) is 0.724. The summed E-state index contributed by atoms with van der Waals surface area (Å²) in [6.45, 7) is 3.31. The molecule has 0 saturated carbocycles. The number of aliphatic carboxylic acids is 1. The molecule has 1 unspecified atom stereocenters. The number of carboxylic acids is 1. The number of carbonyl (C=O) groups excluding carboxylic acids is 1. The number of aromatic nitrogens is 2. The molecule has 1 aromatic carbocycles. The van der Waals surface area contributed by atoms with Gasteiger partial charge < -0.3 is 19.3 Å². The zero-order chi connectivity index (χ0) is 24.9. The van der Waals surface area contributed by atoms with Gasteiger partial charge in [-0.2, -0.15) is 13.2 Å². The van der Waals surface area contributed by atoms with Crippen molar-refractivity contribution in [2.45, 2.75) is 44.4 Å². The molecule has 3 heterocycles. The Bertz CT molecular complexity index is 991. The smallest absolute Gasteiger partial charge is 0.490 e. The van der Waals surface area contributed by atoms with Gasteiger partial charge in [0.15, 0.2) is 0 Å². The number of fused-ring (bicyclic) bond motifs is 1. The summed E-state index contributed by atoms with van der Waals surface area (Å²) < 4.78 is 39.3. The van der Waals surface area contributed by atoms with E-state index in [1.807, 2.05) is 23.2 Å². The van der Waals surface area contributed by atoms with Crippen LogP contribution in [0.25, 0.3) is 11.3 Å². The maximum Gasteiger partial charge on any atom is 0.490 e. The molecule has 1 saturated heterocycles. The van der Waals surface area contributed by atoms with E-state index in [2.05, 4.69) is 33.6 Å². The summed E-state index contributed by atoms with van der Waals surface area (Å²) in [5, 5.41) is 7.12. The maximum absolute atomic E-state index is 13.1. The fraction of sp³-hybridized carbons (Fsp3) is 0.522. The highest BCUT2D eigenvalue weighted by Gasteiger charge is 2.38. The summed E-state index contributed by atoms with van der Waals surface area (Å²) in [6.07, 6.45) is 0.994. The van der Waals surface area contributed by atoms with E-state index in [1.54, 1.807) is 7.11 Å². The molecule has 4 rings (SSSR count). The first-order chi connectivity index (χ1) is 16.1. The number of nitrogens with zero attached hydrogens (tertiary/aromatic N) is 4. The number of carbonyl (C=O) groups is 2. The Morgan fingerprint density at radius 1 is 1.09 bits per heavy atom. The van der Waals surface area contributed by atoms with Gasteiger partial charge in [0.1, 0.15) is 11.6 Å². The molecule has 1 fully saturated rings. The van der Waals surface area contributed by atoms with Crippen LogP contribution in [-0.4, -0.2) is 82.3 Å². The molecular weight excluding hydrogens is 453 g/mol. The Morgan fingerprint density at radius 3 is 2.35 bits per heavy atom. The molecule has 0 bridgehead atoms. The number of imidazole rings is 1. The standard InChI is InChI=1S/C21H28N4O2.C2HF3O2/c1-23-11-4-3-5-18(23)21(26)24-12-10-20-22-15-19(25(20)14-13-24)16-6-8-17(27-2)9-7-16;3-2(4,5)1(6)7/h6-9,15,18H,3-5,10-14H2,1-2H3;(H,6,7). The third kappa shape index (κ3) is 6.07. The van der Waals surface area contributed by atoms with E-state index in [9.17, 15) is 18.0 Å². The highest BCUT2D eigenvalue weighted by Crippen LogP contribution is 2.26. The van der Waals surface area contributed by atoms with Crippen LogP contribution in [0.5, 0.6) is 5.75 Å². The Balaban J connectivity index is 0.000000406. The van der Waals surface area contributed by atoms with Crippen molar-refractivity contribution in [3.63, 3.8) is 0 Å². The van der Waals surface area contributed by atoms with Gasteiger partial charge >= 0.3 is 12.1 Å². The number of alkyl halides is 3. The minimum absolute atomic E-state index is 0.0465. The number of hydrogen-bond acceptors (Lipinski definition) is 5. The topological polar surface area (TPSA) is 87.9 Å². The van der Waals surface area contributed by atoms with Crippen LogP contribution in [0.4, 0.5) is 13.2 Å². The number of ether oxygens (including phenoxy) is 1. The van der Waals surface area contributed by atoms with Gasteiger partial charge in [0, 0.05) is 31.6 Å². The van der Waals surface area contributed by atoms with Gasteiger partial charge in [-0.05, 0) is 50.7 Å². The minimum atomic E-state index is -5.08. The first kappa shape index (κ1) is 25.5. The highest BCUT2D eigenvalue weighted by molar-refractivity contribution is 5.82. The summed E-state index contributed by atoms with van der Waals surface area (Å²) in [5.41, 5.74) is 2.23. The molecule has 8 nitrogen and oxygen atoms in total. The van der Waals surface area contributed by atoms with Crippen LogP contribution in [0, 0.1) is 0 Å². The first-order valence-electron chi connectivity index (χ1n) is 11.1. The van der Waals surface area contributed by atoms with Crippen molar-refractivity contribution in [2.24, 2.45) is 0 Å². The lowest BCUT2D eigenvalue weighted by Crippen LogP contribution is -2.50. The molecule has 2 aliphatic rings. The number of likely N-dealkylation sites (tertiary alicyclic amines) is 1. The summed E-state index contributed by atoms with van der Waals surface area (Å²) in [5.74, 6) is -0.558. The van der Waals surface area contributed by atoms with Gasteiger partial charge in [-0.25, -0.2) is 9.78 Å². The Labute approximate surface area is 195 Å². The van der Waals surface area contributed by atoms with E-state index in [0.717, 1.165) is 68.3 Å². The van der Waals surface area contributed by atoms with Crippen LogP contribution in [0.2, 0.25) is 0 Å². The van der Waals surface area contributed by atoms with Crippen LogP contribution < -0.4 is 4.74 Å². The van der Waals surface area contributed by atoms with Crippen molar-refractivity contribution in [1.29, 1.82) is 0 Å². The number of piperidine rings is 1. The van der Waals surface area contributed by atoms with Crippen LogP contribution >= 0.6 is 0 Å². The van der Waals surface area contributed by atoms with Crippen molar-refractivity contribution >= 4 is 11.9 Å². The van der Waals surface area contributed by atoms with Gasteiger partial charge in [-0.1, -0.05) is 6.42 Å². The number of amides is 1. The summed E-state index contributed by atoms with van der Waals surface area (Å²) >= 11 is 0. The molecule has 1 atom stereocenters. The van der Waals surface area contributed by atoms with Crippen LogP contribution in [-0.2, 0) is 22.6 Å². The fourth-order valence-corrected chi connectivity index (χ4v) is 4.24. The lowest BCUT2D eigenvalue weighted by atomic mass is 10.0. The first-order valence-corrected chi connectivity index (χ1v) is 11.1. The van der Waals surface area contributed by atoms with Gasteiger partial charge in [0.25, 0.3) is 0 Å². The number of rotatable bonds is 3. The van der Waals surface area contributed by atoms with Crippen LogP contribution in [0.15, 0.2) is 30.5 Å². The molecule has 11 heteroatoms. The average Bonchev–Trinajstić information content (AvgIpc) is 3.10. The van der Waals surface area contributed by atoms with Gasteiger partial charge in [-0.15, -0.1) is 0 Å². The van der Waals surface area contributed by atoms with Gasteiger partial charge in [0.05, 0.1) is 25.0 Å². The summed E-state index contributed by atoms with van der Waals surface area (Å²) in [4.78, 5) is 30.9. The second-order valence-electron chi connectivity index (χ2n) is 8.31. The molecule has 0 aliphatic carbocycles. The molecule has 1 amide bonds. The van der Waals surface area contributed by atoms with Crippen molar-refractivity contribution in [1.82, 2.24) is 19.4 Å². The van der Waals surface area contributed by atoms with E-state index in [1.165, 1.54) is 6.42 Å². The van der Waals surface area contributed by atoms with E-state index in [4.69, 9.17) is 14.6 Å². The second-order valence-corrected chi connectivity index (χ2v) is 8.31. The van der Waals surface area contributed by atoms with E-state index in [-0.39, 0.29) is 11.9 Å². The van der Waals surface area contributed by atoms with Gasteiger partial charge in [-0.3, -0.25) is 9.69 Å². The third-order valence-corrected chi connectivity index (χ3v) is 6.13. The normalized spacial score (nSPS) is 18.9. The molecule has 0 spiro atoms. The molecule has 34 heavy (non-hydrogen) atoms.